The van der Waals surface area contributed by atoms with E-state index in [2.05, 4.69) is 17.6 Å². The molecule has 1 aromatic rings. The Hall–Kier alpha value is -1.40. The van der Waals surface area contributed by atoms with Gasteiger partial charge in [-0.2, -0.15) is 0 Å². The van der Waals surface area contributed by atoms with Gasteiger partial charge in [-0.1, -0.05) is 31.4 Å². The third kappa shape index (κ3) is 4.28. The van der Waals surface area contributed by atoms with E-state index in [9.17, 15) is 10.1 Å². The minimum atomic E-state index is -0.507. The first-order chi connectivity index (χ1) is 9.97. The van der Waals surface area contributed by atoms with Crippen LogP contribution in [0.1, 0.15) is 32.6 Å². The van der Waals surface area contributed by atoms with Crippen molar-refractivity contribution in [3.63, 3.8) is 0 Å². The fraction of sp³-hybridized carbons (Fsp3) is 0.500. The number of hydrogen-bond donors (Lipinski definition) is 2. The summed E-state index contributed by atoms with van der Waals surface area (Å²) in [7, 11) is 0. The molecule has 1 aliphatic rings. The van der Waals surface area contributed by atoms with Gasteiger partial charge in [0.25, 0.3) is 5.69 Å². The van der Waals surface area contributed by atoms with Gasteiger partial charge < -0.3 is 10.6 Å². The molecule has 2 atom stereocenters. The van der Waals surface area contributed by atoms with Gasteiger partial charge in [0, 0.05) is 17.8 Å². The molecule has 0 radical (unpaired) electrons. The topological polar surface area (TPSA) is 67.2 Å². The zero-order chi connectivity index (χ0) is 15.4. The summed E-state index contributed by atoms with van der Waals surface area (Å²) in [5.74, 6) is 0.582. The highest BCUT2D eigenvalue weighted by molar-refractivity contribution is 7.80. The Kier molecular flexibility index (Phi) is 5.36. The van der Waals surface area contributed by atoms with E-state index in [0.29, 0.717) is 22.8 Å². The van der Waals surface area contributed by atoms with Crippen LogP contribution in [0.25, 0.3) is 0 Å². The molecule has 1 fully saturated rings. The lowest BCUT2D eigenvalue weighted by Crippen LogP contribution is -2.43. The van der Waals surface area contributed by atoms with E-state index >= 15 is 0 Å². The van der Waals surface area contributed by atoms with E-state index in [1.807, 2.05) is 0 Å². The number of benzene rings is 1. The molecule has 0 aromatic heterocycles. The molecule has 0 unspecified atom stereocenters. The molecule has 0 bridgehead atoms. The quantitative estimate of drug-likeness (QED) is 0.496. The molecule has 114 valence electrons. The van der Waals surface area contributed by atoms with Crippen molar-refractivity contribution in [2.75, 3.05) is 5.32 Å². The van der Waals surface area contributed by atoms with Crippen LogP contribution in [-0.2, 0) is 0 Å². The van der Waals surface area contributed by atoms with E-state index in [0.717, 1.165) is 6.42 Å². The van der Waals surface area contributed by atoms with Crippen LogP contribution in [0.4, 0.5) is 11.4 Å². The number of nitro benzene ring substituents is 1. The minimum Gasteiger partial charge on any atom is -0.359 e. The van der Waals surface area contributed by atoms with Gasteiger partial charge in [0.1, 0.15) is 5.02 Å². The molecule has 0 saturated heterocycles. The van der Waals surface area contributed by atoms with Crippen molar-refractivity contribution >= 4 is 40.3 Å². The summed E-state index contributed by atoms with van der Waals surface area (Å²) >= 11 is 11.1. The number of nitrogens with zero attached hydrogens (tertiary/aromatic N) is 1. The Morgan fingerprint density at radius 3 is 2.81 bits per heavy atom. The van der Waals surface area contributed by atoms with Gasteiger partial charge in [0.2, 0.25) is 0 Å². The van der Waals surface area contributed by atoms with E-state index in [1.165, 1.54) is 31.4 Å². The second-order valence-corrected chi connectivity index (χ2v) is 6.21. The van der Waals surface area contributed by atoms with Crippen molar-refractivity contribution in [2.45, 2.75) is 38.6 Å². The van der Waals surface area contributed by atoms with Gasteiger partial charge in [-0.25, -0.2) is 0 Å². The van der Waals surface area contributed by atoms with Crippen LogP contribution in [0.15, 0.2) is 18.2 Å². The lowest BCUT2D eigenvalue weighted by atomic mass is 9.86. The number of anilines is 1. The second-order valence-electron chi connectivity index (χ2n) is 5.39. The summed E-state index contributed by atoms with van der Waals surface area (Å²) in [6, 6.07) is 4.92. The second kappa shape index (κ2) is 7.04. The monoisotopic (exact) mass is 327 g/mol. The van der Waals surface area contributed by atoms with Gasteiger partial charge in [0.15, 0.2) is 5.11 Å². The standard InChI is InChI=1S/C14H18ClN3O2S/c1-9-4-2-3-5-12(9)17-14(21)16-10-6-7-11(15)13(8-10)18(19)20/h6-9,12H,2-5H2,1H3,(H2,16,17,21)/t9-,12+/m1/s1. The molecule has 0 aliphatic heterocycles. The highest BCUT2D eigenvalue weighted by Crippen LogP contribution is 2.27. The number of hydrogen-bond acceptors (Lipinski definition) is 3. The largest absolute Gasteiger partial charge is 0.359 e. The Balaban J connectivity index is 1.99. The van der Waals surface area contributed by atoms with Crippen LogP contribution in [0.2, 0.25) is 5.02 Å². The van der Waals surface area contributed by atoms with Crippen LogP contribution < -0.4 is 10.6 Å². The van der Waals surface area contributed by atoms with Crippen LogP contribution in [-0.4, -0.2) is 16.1 Å². The molecule has 2 N–H and O–H groups in total. The zero-order valence-electron chi connectivity index (χ0n) is 11.8. The summed E-state index contributed by atoms with van der Waals surface area (Å²) < 4.78 is 0. The molecule has 0 spiro atoms. The molecule has 0 heterocycles. The van der Waals surface area contributed by atoms with Crippen molar-refractivity contribution in [3.05, 3.63) is 33.3 Å². The molecule has 1 aromatic carbocycles. The number of thiocarbonyl (C=S) groups is 1. The van der Waals surface area contributed by atoms with Crippen LogP contribution in [0, 0.1) is 16.0 Å². The summed E-state index contributed by atoms with van der Waals surface area (Å²) in [6.45, 7) is 2.21. The first kappa shape index (κ1) is 16.0. The summed E-state index contributed by atoms with van der Waals surface area (Å²) in [6.07, 6.45) is 4.77. The van der Waals surface area contributed by atoms with E-state index in [4.69, 9.17) is 23.8 Å². The summed E-state index contributed by atoms with van der Waals surface area (Å²) in [5.41, 5.74) is 0.433. The van der Waals surface area contributed by atoms with E-state index in [-0.39, 0.29) is 10.7 Å². The Morgan fingerprint density at radius 2 is 2.14 bits per heavy atom. The highest BCUT2D eigenvalue weighted by atomic mass is 35.5. The molecular weight excluding hydrogens is 310 g/mol. The summed E-state index contributed by atoms with van der Waals surface area (Å²) in [5, 5.41) is 17.8. The molecule has 1 aliphatic carbocycles. The van der Waals surface area contributed by atoms with Crippen molar-refractivity contribution in [1.29, 1.82) is 0 Å². The number of nitro groups is 1. The van der Waals surface area contributed by atoms with Crippen LogP contribution in [0.5, 0.6) is 0 Å². The third-order valence-electron chi connectivity index (χ3n) is 3.83. The first-order valence-electron chi connectivity index (χ1n) is 6.99. The maximum Gasteiger partial charge on any atom is 0.289 e. The van der Waals surface area contributed by atoms with Crippen LogP contribution in [0.3, 0.4) is 0 Å². The van der Waals surface area contributed by atoms with E-state index < -0.39 is 4.92 Å². The molecule has 21 heavy (non-hydrogen) atoms. The number of rotatable bonds is 3. The van der Waals surface area contributed by atoms with Gasteiger partial charge in [-0.15, -0.1) is 0 Å². The fourth-order valence-electron chi connectivity index (χ4n) is 2.60. The molecule has 0 amide bonds. The smallest absolute Gasteiger partial charge is 0.289 e. The molecule has 1 saturated carbocycles. The minimum absolute atomic E-state index is 0.116. The van der Waals surface area contributed by atoms with Crippen molar-refractivity contribution in [2.24, 2.45) is 5.92 Å². The maximum absolute atomic E-state index is 10.9. The van der Waals surface area contributed by atoms with Crippen molar-refractivity contribution < 1.29 is 4.92 Å². The van der Waals surface area contributed by atoms with Crippen LogP contribution >= 0.6 is 23.8 Å². The Bertz CT molecular complexity index is 553. The molecule has 5 nitrogen and oxygen atoms in total. The fourth-order valence-corrected chi connectivity index (χ4v) is 3.05. The molecule has 2 rings (SSSR count). The predicted octanol–water partition coefficient (Wildman–Crippen LogP) is 4.11. The third-order valence-corrected chi connectivity index (χ3v) is 4.37. The maximum atomic E-state index is 10.9. The average Bonchev–Trinajstić information content (AvgIpc) is 2.43. The number of nitrogens with one attached hydrogen (secondary N) is 2. The van der Waals surface area contributed by atoms with Gasteiger partial charge in [-0.3, -0.25) is 10.1 Å². The lowest BCUT2D eigenvalue weighted by Gasteiger charge is -2.30. The normalized spacial score (nSPS) is 21.6. The number of halogens is 1. The SMILES string of the molecule is C[C@@H]1CCCC[C@@H]1NC(=S)Nc1ccc(Cl)c([N+](=O)[O-])c1. The van der Waals surface area contributed by atoms with Crippen molar-refractivity contribution in [3.8, 4) is 0 Å². The molecular formula is C14H18ClN3O2S. The van der Waals surface area contributed by atoms with Crippen molar-refractivity contribution in [1.82, 2.24) is 5.32 Å². The van der Waals surface area contributed by atoms with Gasteiger partial charge in [0.05, 0.1) is 4.92 Å². The molecule has 7 heteroatoms. The Labute approximate surface area is 134 Å². The highest BCUT2D eigenvalue weighted by Gasteiger charge is 2.22. The summed E-state index contributed by atoms with van der Waals surface area (Å²) in [4.78, 5) is 10.4. The predicted molar refractivity (Wildman–Crippen MR) is 88.9 cm³/mol. The van der Waals surface area contributed by atoms with Gasteiger partial charge in [-0.05, 0) is 43.1 Å². The average molecular weight is 328 g/mol. The zero-order valence-corrected chi connectivity index (χ0v) is 13.3. The van der Waals surface area contributed by atoms with E-state index in [1.54, 1.807) is 6.07 Å². The van der Waals surface area contributed by atoms with Gasteiger partial charge >= 0.3 is 0 Å². The Morgan fingerprint density at radius 1 is 1.43 bits per heavy atom. The lowest BCUT2D eigenvalue weighted by molar-refractivity contribution is -0.384. The first-order valence-corrected chi connectivity index (χ1v) is 7.77.